The number of rotatable bonds is 2. The normalized spacial score (nSPS) is 10.4. The van der Waals surface area contributed by atoms with E-state index in [4.69, 9.17) is 4.74 Å². The topological polar surface area (TPSA) is 42.2 Å². The molecule has 0 fully saturated rings. The summed E-state index contributed by atoms with van der Waals surface area (Å²) in [5.41, 5.74) is 4.78. The molecule has 0 bridgehead atoms. The molecule has 0 aliphatic carbocycles. The van der Waals surface area contributed by atoms with Gasteiger partial charge in [-0.15, -0.1) is 0 Å². The summed E-state index contributed by atoms with van der Waals surface area (Å²) in [6, 6.07) is 8.12. The Balaban J connectivity index is 2.46. The summed E-state index contributed by atoms with van der Waals surface area (Å²) in [7, 11) is 0. The Morgan fingerprint density at radius 1 is 1.28 bits per heavy atom. The minimum Gasteiger partial charge on any atom is -0.446 e. The molecule has 0 aliphatic heterocycles. The van der Waals surface area contributed by atoms with E-state index in [2.05, 4.69) is 11.5 Å². The Bertz CT molecular complexity index is 594. The Kier molecular flexibility index (Phi) is 3.46. The summed E-state index contributed by atoms with van der Waals surface area (Å²) in [5, 5.41) is 2.31. The van der Waals surface area contributed by atoms with Gasteiger partial charge in [-0.05, 0) is 25.3 Å². The van der Waals surface area contributed by atoms with Crippen molar-refractivity contribution in [2.75, 3.05) is 12.0 Å². The van der Waals surface area contributed by atoms with Crippen LogP contribution in [0.4, 0.5) is 4.79 Å². The zero-order valence-electron chi connectivity index (χ0n) is 10.9. The first kappa shape index (κ1) is 12.4. The lowest BCUT2D eigenvalue weighted by atomic mass is 10.1. The number of fused-ring (bicyclic) bond motifs is 1. The fourth-order valence-electron chi connectivity index (χ4n) is 2.01. The third-order valence-corrected chi connectivity index (χ3v) is 2.91. The maximum atomic E-state index is 11.5. The lowest BCUT2D eigenvalue weighted by molar-refractivity contribution is -0.647. The smallest absolute Gasteiger partial charge is 0.446 e. The second-order valence-corrected chi connectivity index (χ2v) is 4.15. The number of nitrogens with zero attached hydrogens (tertiary/aromatic N) is 1. The molecule has 2 rings (SSSR count). The second-order valence-electron chi connectivity index (χ2n) is 4.15. The van der Waals surface area contributed by atoms with Crippen molar-refractivity contribution in [1.29, 1.82) is 0 Å². The van der Waals surface area contributed by atoms with Crippen molar-refractivity contribution in [3.05, 3.63) is 41.7 Å². The Hall–Kier alpha value is -2.10. The van der Waals surface area contributed by atoms with Crippen molar-refractivity contribution in [3.63, 3.8) is 0 Å². The number of benzene rings is 1. The lowest BCUT2D eigenvalue weighted by Gasteiger charge is -2.06. The number of ether oxygens (including phenoxy) is 1. The van der Waals surface area contributed by atoms with E-state index >= 15 is 0 Å². The lowest BCUT2D eigenvalue weighted by Crippen LogP contribution is -2.51. The molecule has 4 nitrogen and oxygen atoms in total. The molecule has 1 aromatic heterocycles. The van der Waals surface area contributed by atoms with Gasteiger partial charge in [-0.2, -0.15) is 0 Å². The summed E-state index contributed by atoms with van der Waals surface area (Å²) in [6.45, 7) is 6.12. The molecule has 0 unspecified atom stereocenters. The highest BCUT2D eigenvalue weighted by Crippen LogP contribution is 2.18. The number of hydrogen-bond donors (Lipinski definition) is 1. The fraction of sp³-hybridized carbons (Fsp3) is 0.286. The Morgan fingerprint density at radius 2 is 1.94 bits per heavy atom. The Morgan fingerprint density at radius 3 is 2.61 bits per heavy atom. The molecule has 2 aromatic rings. The van der Waals surface area contributed by atoms with Crippen LogP contribution >= 0.6 is 0 Å². The predicted octanol–water partition coefficient (Wildman–Crippen LogP) is 2.44. The summed E-state index contributed by atoms with van der Waals surface area (Å²) < 4.78 is 6.59. The summed E-state index contributed by atoms with van der Waals surface area (Å²) in [4.78, 5) is 11.5. The molecular formula is C14H17N2O2+. The fourth-order valence-corrected chi connectivity index (χ4v) is 2.01. The van der Waals surface area contributed by atoms with Crippen LogP contribution in [0.25, 0.3) is 10.8 Å². The van der Waals surface area contributed by atoms with Crippen molar-refractivity contribution < 1.29 is 14.2 Å². The monoisotopic (exact) mass is 245 g/mol. The minimum absolute atomic E-state index is 0.359. The molecule has 1 N–H and O–H groups in total. The van der Waals surface area contributed by atoms with Crippen LogP contribution in [0.3, 0.4) is 0 Å². The molecule has 0 saturated heterocycles. The van der Waals surface area contributed by atoms with Gasteiger partial charge in [0.2, 0.25) is 11.9 Å². The van der Waals surface area contributed by atoms with Crippen LogP contribution in [0.2, 0.25) is 0 Å². The first-order valence-electron chi connectivity index (χ1n) is 5.98. The van der Waals surface area contributed by atoms with Crippen molar-refractivity contribution in [3.8, 4) is 0 Å². The van der Waals surface area contributed by atoms with Gasteiger partial charge in [0, 0.05) is 12.5 Å². The van der Waals surface area contributed by atoms with Gasteiger partial charge in [-0.1, -0.05) is 28.3 Å². The molecule has 1 amide bonds. The molecule has 0 saturated carbocycles. The number of aromatic nitrogens is 1. The first-order valence-corrected chi connectivity index (χ1v) is 5.98. The third-order valence-electron chi connectivity index (χ3n) is 2.91. The molecule has 94 valence electrons. The van der Waals surface area contributed by atoms with Gasteiger partial charge >= 0.3 is 6.09 Å². The average molecular weight is 245 g/mol. The van der Waals surface area contributed by atoms with E-state index < -0.39 is 6.09 Å². The first-order chi connectivity index (χ1) is 8.63. The SMILES string of the molecule is CCOC(=O)N[n+]1cc(C)c2ccccc2c1C. The molecule has 0 atom stereocenters. The van der Waals surface area contributed by atoms with E-state index in [0.29, 0.717) is 6.61 Å². The number of carbonyl (C=O) groups is 1. The van der Waals surface area contributed by atoms with E-state index in [0.717, 1.165) is 16.6 Å². The second kappa shape index (κ2) is 5.04. The van der Waals surface area contributed by atoms with Crippen LogP contribution in [0.5, 0.6) is 0 Å². The molecule has 0 aliphatic rings. The van der Waals surface area contributed by atoms with Crippen LogP contribution in [-0.4, -0.2) is 12.7 Å². The van der Waals surface area contributed by atoms with Gasteiger partial charge in [-0.25, -0.2) is 4.79 Å². The van der Waals surface area contributed by atoms with Crippen molar-refractivity contribution in [2.45, 2.75) is 20.8 Å². The van der Waals surface area contributed by atoms with Crippen LogP contribution in [0, 0.1) is 13.8 Å². The number of aryl methyl sites for hydroxylation is 2. The number of nitrogens with one attached hydrogen (secondary N) is 1. The molecule has 4 heteroatoms. The Labute approximate surface area is 106 Å². The van der Waals surface area contributed by atoms with Crippen LogP contribution in [-0.2, 0) is 4.74 Å². The number of pyridine rings is 1. The number of hydrogen-bond acceptors (Lipinski definition) is 2. The highest BCUT2D eigenvalue weighted by atomic mass is 16.5. The zero-order valence-corrected chi connectivity index (χ0v) is 10.9. The predicted molar refractivity (Wildman–Crippen MR) is 70.0 cm³/mol. The van der Waals surface area contributed by atoms with E-state index in [1.807, 2.05) is 38.2 Å². The highest BCUT2D eigenvalue weighted by Gasteiger charge is 2.16. The maximum Gasteiger partial charge on any atom is 0.461 e. The number of amides is 1. The van der Waals surface area contributed by atoms with Gasteiger partial charge in [0.15, 0.2) is 0 Å². The summed E-state index contributed by atoms with van der Waals surface area (Å²) in [5.74, 6) is 0. The van der Waals surface area contributed by atoms with Gasteiger partial charge in [0.25, 0.3) is 0 Å². The largest absolute Gasteiger partial charge is 0.461 e. The summed E-state index contributed by atoms with van der Waals surface area (Å²) in [6.07, 6.45) is 1.45. The van der Waals surface area contributed by atoms with Crippen molar-refractivity contribution in [1.82, 2.24) is 0 Å². The highest BCUT2D eigenvalue weighted by molar-refractivity contribution is 5.86. The van der Waals surface area contributed by atoms with Gasteiger partial charge in [0.1, 0.15) is 0 Å². The van der Waals surface area contributed by atoms with E-state index in [1.165, 1.54) is 5.39 Å². The van der Waals surface area contributed by atoms with Gasteiger partial charge in [-0.3, -0.25) is 0 Å². The molecule has 18 heavy (non-hydrogen) atoms. The molecule has 0 spiro atoms. The van der Waals surface area contributed by atoms with E-state index in [1.54, 1.807) is 11.6 Å². The quantitative estimate of drug-likeness (QED) is 0.826. The van der Waals surface area contributed by atoms with Crippen molar-refractivity contribution >= 4 is 16.9 Å². The average Bonchev–Trinajstić information content (AvgIpc) is 2.36. The van der Waals surface area contributed by atoms with Crippen LogP contribution < -0.4 is 10.1 Å². The third kappa shape index (κ3) is 2.27. The van der Waals surface area contributed by atoms with Crippen LogP contribution in [0.15, 0.2) is 30.5 Å². The van der Waals surface area contributed by atoms with E-state index in [9.17, 15) is 4.79 Å². The maximum absolute atomic E-state index is 11.5. The minimum atomic E-state index is -0.444. The van der Waals surface area contributed by atoms with E-state index in [-0.39, 0.29) is 0 Å². The standard InChI is InChI=1S/C14H16N2O2/c1-4-18-14(17)15-16-9-10(2)12-7-5-6-8-13(12)11(16)3/h5-9H,4H2,1-3H3/p+1. The molecule has 0 radical (unpaired) electrons. The van der Waals surface area contributed by atoms with Gasteiger partial charge < -0.3 is 4.74 Å². The zero-order chi connectivity index (χ0) is 13.1. The van der Waals surface area contributed by atoms with Gasteiger partial charge in [0.05, 0.1) is 12.0 Å². The molecule has 1 aromatic carbocycles. The van der Waals surface area contributed by atoms with Crippen LogP contribution in [0.1, 0.15) is 18.2 Å². The molecule has 1 heterocycles. The molecular weight excluding hydrogens is 228 g/mol. The number of carbonyl (C=O) groups excluding carboxylic acids is 1. The van der Waals surface area contributed by atoms with Crippen molar-refractivity contribution in [2.24, 2.45) is 0 Å². The summed E-state index contributed by atoms with van der Waals surface area (Å²) >= 11 is 0.